The number of aliphatic carboxylic acids is 2. The third-order valence-electron chi connectivity index (χ3n) is 7.45. The topological polar surface area (TPSA) is 411 Å². The van der Waals surface area contributed by atoms with Crippen LogP contribution in [0.5, 0.6) is 0 Å². The molecule has 13 N–H and O–H groups in total. The van der Waals surface area contributed by atoms with E-state index in [4.69, 9.17) is 45.3 Å². The molecule has 0 spiro atoms. The first-order valence-corrected chi connectivity index (χ1v) is 18.5. The van der Waals surface area contributed by atoms with Gasteiger partial charge >= 0.3 is 23.8 Å². The molecule has 0 bridgehead atoms. The summed E-state index contributed by atoms with van der Waals surface area (Å²) in [5.41, 5.74) is 20.6. The Labute approximate surface area is 319 Å². The third-order valence-corrected chi connectivity index (χ3v) is 9.34. The molecule has 0 aliphatic carbocycles. The molecule has 1 saturated heterocycles. The molecule has 29 heteroatoms. The SMILES string of the molecule is Cn1c(N)c(NC(=O)C(=O)N(CCN)CCN)c[n+]1CC1=C(C(=O)O)N2C(=O)[C@@H](NC(=O)/C(=N\OC(C)(C)C(=O)O)c3nsc(N)n3)[C@H]2SC1.O=S(=O)([O-])O. The van der Waals surface area contributed by atoms with Gasteiger partial charge in [-0.3, -0.25) is 28.6 Å². The van der Waals surface area contributed by atoms with Crippen LogP contribution in [0.25, 0.3) is 0 Å². The van der Waals surface area contributed by atoms with Crippen molar-refractivity contribution in [3.8, 4) is 0 Å². The van der Waals surface area contributed by atoms with Crippen LogP contribution in [-0.2, 0) is 57.6 Å². The molecule has 2 aliphatic rings. The summed E-state index contributed by atoms with van der Waals surface area (Å²) >= 11 is 1.91. The molecule has 0 aromatic carbocycles. The minimum atomic E-state index is -4.92. The van der Waals surface area contributed by atoms with Crippen molar-refractivity contribution in [3.63, 3.8) is 0 Å². The van der Waals surface area contributed by atoms with Gasteiger partial charge in [0.15, 0.2) is 23.2 Å². The maximum absolute atomic E-state index is 13.3. The fourth-order valence-electron chi connectivity index (χ4n) is 4.73. The number of carbonyl (C=O) groups is 6. The zero-order chi connectivity index (χ0) is 41.6. The van der Waals surface area contributed by atoms with Crippen molar-refractivity contribution < 1.29 is 66.0 Å². The summed E-state index contributed by atoms with van der Waals surface area (Å²) in [6, 6.07) is -1.20. The van der Waals surface area contributed by atoms with Crippen molar-refractivity contribution in [2.45, 2.75) is 37.4 Å². The lowest BCUT2D eigenvalue weighted by molar-refractivity contribution is -0.765. The largest absolute Gasteiger partial charge is 0.726 e. The Hall–Kier alpha value is -5.46. The number of carbonyl (C=O) groups excluding carboxylic acids is 4. The number of β-lactam (4-membered cyclic amide) rings is 1. The second kappa shape index (κ2) is 17.8. The second-order valence-corrected chi connectivity index (χ2v) is 14.5. The van der Waals surface area contributed by atoms with E-state index in [1.54, 1.807) is 7.05 Å². The van der Waals surface area contributed by atoms with Gasteiger partial charge in [0, 0.05) is 49.0 Å². The quantitative estimate of drug-likeness (QED) is 0.0164. The van der Waals surface area contributed by atoms with Crippen molar-refractivity contribution in [1.82, 2.24) is 29.2 Å². The molecule has 302 valence electrons. The van der Waals surface area contributed by atoms with E-state index in [2.05, 4.69) is 25.1 Å². The number of hydrogen-bond donors (Lipinski definition) is 9. The smallest absolute Gasteiger partial charge is 0.352 e. The summed E-state index contributed by atoms with van der Waals surface area (Å²) < 4.78 is 39.7. The Balaban J connectivity index is 0.00000152. The predicted molar refractivity (Wildman–Crippen MR) is 189 cm³/mol. The van der Waals surface area contributed by atoms with Crippen LogP contribution in [0.2, 0.25) is 0 Å². The van der Waals surface area contributed by atoms with E-state index in [-0.39, 0.29) is 66.6 Å². The molecule has 4 rings (SSSR count). The number of aromatic nitrogens is 4. The van der Waals surface area contributed by atoms with Gasteiger partial charge in [0.1, 0.15) is 17.1 Å². The van der Waals surface area contributed by atoms with E-state index in [1.165, 1.54) is 46.1 Å². The zero-order valence-electron chi connectivity index (χ0n) is 29.1. The van der Waals surface area contributed by atoms with Crippen LogP contribution in [0.3, 0.4) is 0 Å². The number of carboxylic acid groups (broad SMARTS) is 2. The van der Waals surface area contributed by atoms with Crippen molar-refractivity contribution in [2.75, 3.05) is 48.7 Å². The van der Waals surface area contributed by atoms with Crippen molar-refractivity contribution in [3.05, 3.63) is 23.3 Å². The fourth-order valence-corrected chi connectivity index (χ4v) is 6.50. The van der Waals surface area contributed by atoms with Gasteiger partial charge in [-0.2, -0.15) is 9.36 Å². The molecule has 4 amide bonds. The van der Waals surface area contributed by atoms with Crippen LogP contribution in [0, 0.1) is 0 Å². The Morgan fingerprint density at radius 2 is 1.76 bits per heavy atom. The Morgan fingerprint density at radius 3 is 2.27 bits per heavy atom. The van der Waals surface area contributed by atoms with Crippen molar-refractivity contribution in [2.24, 2.45) is 23.7 Å². The van der Waals surface area contributed by atoms with Gasteiger partial charge in [-0.15, -0.1) is 21.1 Å². The van der Waals surface area contributed by atoms with E-state index < -0.39 is 68.7 Å². The van der Waals surface area contributed by atoms with E-state index in [1.807, 2.05) is 0 Å². The second-order valence-electron chi connectivity index (χ2n) is 11.7. The molecule has 4 heterocycles. The molecule has 1 fully saturated rings. The molecule has 2 aliphatic heterocycles. The number of anilines is 3. The van der Waals surface area contributed by atoms with Crippen LogP contribution < -0.4 is 38.3 Å². The molecular weight excluding hydrogens is 799 g/mol. The molecule has 0 unspecified atom stereocenters. The summed E-state index contributed by atoms with van der Waals surface area (Å²) in [6.07, 6.45) is 1.41. The zero-order valence-corrected chi connectivity index (χ0v) is 31.5. The first-order valence-electron chi connectivity index (χ1n) is 15.4. The average molecular weight is 836 g/mol. The molecular formula is C26H37N13O13S3. The van der Waals surface area contributed by atoms with Gasteiger partial charge in [0.05, 0.1) is 7.05 Å². The predicted octanol–water partition coefficient (Wildman–Crippen LogP) is -4.96. The van der Waals surface area contributed by atoms with E-state index in [9.17, 15) is 39.0 Å². The first-order chi connectivity index (χ1) is 25.5. The van der Waals surface area contributed by atoms with Crippen molar-refractivity contribution >= 4 is 91.6 Å². The molecule has 0 saturated carbocycles. The maximum Gasteiger partial charge on any atom is 0.352 e. The Kier molecular flexibility index (Phi) is 14.2. The van der Waals surface area contributed by atoms with E-state index in [0.29, 0.717) is 5.57 Å². The number of carboxylic acids is 2. The van der Waals surface area contributed by atoms with Crippen LogP contribution in [0.15, 0.2) is 22.6 Å². The highest BCUT2D eigenvalue weighted by molar-refractivity contribution is 8.00. The van der Waals surface area contributed by atoms with Gasteiger partial charge in [-0.05, 0) is 13.8 Å². The maximum atomic E-state index is 13.3. The number of oxime groups is 1. The number of fused-ring (bicyclic) bond motifs is 1. The number of amides is 4. The Bertz CT molecular complexity index is 2020. The van der Waals surface area contributed by atoms with Crippen molar-refractivity contribution in [1.29, 1.82) is 0 Å². The fraction of sp³-hybridized carbons (Fsp3) is 0.462. The van der Waals surface area contributed by atoms with Gasteiger partial charge in [0.2, 0.25) is 33.7 Å². The highest BCUT2D eigenvalue weighted by Gasteiger charge is 2.55. The summed E-state index contributed by atoms with van der Waals surface area (Å²) in [4.78, 5) is 87.1. The molecule has 2 atom stereocenters. The molecule has 2 aromatic rings. The lowest BCUT2D eigenvalue weighted by Gasteiger charge is -2.49. The van der Waals surface area contributed by atoms with E-state index in [0.717, 1.165) is 16.4 Å². The molecule has 26 nitrogen and oxygen atoms in total. The van der Waals surface area contributed by atoms with Crippen LogP contribution in [0.4, 0.5) is 16.6 Å². The monoisotopic (exact) mass is 835 g/mol. The van der Waals surface area contributed by atoms with Crippen LogP contribution in [0.1, 0.15) is 19.7 Å². The van der Waals surface area contributed by atoms with Gasteiger partial charge in [-0.25, -0.2) is 18.0 Å². The normalized spacial score (nSPS) is 17.0. The minimum absolute atomic E-state index is 0.0204. The first kappa shape index (κ1) is 43.9. The molecule has 2 aromatic heterocycles. The molecule has 0 radical (unpaired) electrons. The van der Waals surface area contributed by atoms with Gasteiger partial charge < -0.3 is 58.1 Å². The molecule has 55 heavy (non-hydrogen) atoms. The lowest BCUT2D eigenvalue weighted by atomic mass is 10.0. The number of nitrogens with one attached hydrogen (secondary N) is 2. The van der Waals surface area contributed by atoms with Gasteiger partial charge in [-0.1, -0.05) is 5.16 Å². The summed E-state index contributed by atoms with van der Waals surface area (Å²) in [5, 5.41) is 27.2. The highest BCUT2D eigenvalue weighted by atomic mass is 32.3. The van der Waals surface area contributed by atoms with Gasteiger partial charge in [0.25, 0.3) is 11.8 Å². The summed E-state index contributed by atoms with van der Waals surface area (Å²) in [5.74, 6) is -6.47. The lowest BCUT2D eigenvalue weighted by Crippen LogP contribution is -2.71. The summed E-state index contributed by atoms with van der Waals surface area (Å²) in [6.45, 7) is 2.79. The van der Waals surface area contributed by atoms with Crippen LogP contribution >= 0.6 is 23.3 Å². The van der Waals surface area contributed by atoms with E-state index >= 15 is 0 Å². The number of nitrogens with two attached hydrogens (primary N) is 4. The average Bonchev–Trinajstić information content (AvgIpc) is 3.63. The Morgan fingerprint density at radius 1 is 1.16 bits per heavy atom. The number of nitrogen functional groups attached to an aromatic ring is 2. The minimum Gasteiger partial charge on any atom is -0.726 e. The standard InChI is InChI=1S/C26H35N13O9S2.H2O4S/c1-26(2,24(46)47)48-34-13(17-33-25(30)50-35-17)18(40)32-14-20(42)39-15(23(44)45)11(10-49-22(14)39)8-38-9-12(16(29)36(38)3)31-19(41)21(43)37(6-4-27)7-5-28;1-5(2,3)4/h9,14,22,29H,4-8,10,27-28H2,1-3H3,(H6,30,31,32,33,35,40,41,44,45,46,47);(H2,1,2,3,4)/b34-13-;/t14-,22-;/m1./s1. The highest BCUT2D eigenvalue weighted by Crippen LogP contribution is 2.40. The number of nitrogens with zero attached hydrogens (tertiary/aromatic N) is 7. The summed E-state index contributed by atoms with van der Waals surface area (Å²) in [7, 11) is -3.37. The number of thioether (sulfide) groups is 1. The third kappa shape index (κ3) is 10.8. The number of rotatable bonds is 14. The number of hydrogen-bond acceptors (Lipinski definition) is 19. The van der Waals surface area contributed by atoms with Crippen LogP contribution in [-0.4, -0.2) is 142 Å².